The van der Waals surface area contributed by atoms with E-state index in [0.29, 0.717) is 6.42 Å². The molecule has 3 N–H and O–H groups in total. The Morgan fingerprint density at radius 3 is 1.91 bits per heavy atom. The molecule has 1 aromatic rings. The number of aliphatic imine (C=N–C) groups is 1. The Balaban J connectivity index is -0.000000252. The lowest BCUT2D eigenvalue weighted by molar-refractivity contribution is -0.830. The summed E-state index contributed by atoms with van der Waals surface area (Å²) in [6, 6.07) is 8.86. The van der Waals surface area contributed by atoms with Crippen molar-refractivity contribution in [1.82, 2.24) is 5.32 Å². The van der Waals surface area contributed by atoms with Gasteiger partial charge in [-0.15, -0.1) is 4.99 Å². The van der Waals surface area contributed by atoms with Gasteiger partial charge in [0.2, 0.25) is 6.23 Å². The van der Waals surface area contributed by atoms with Gasteiger partial charge in [0.05, 0.1) is 13.2 Å². The Kier molecular flexibility index (Phi) is 36.4. The fourth-order valence-electron chi connectivity index (χ4n) is 3.03. The fourth-order valence-corrected chi connectivity index (χ4v) is 3.03. The first-order chi connectivity index (χ1) is 20.4. The van der Waals surface area contributed by atoms with Gasteiger partial charge in [-0.05, 0) is 40.8 Å². The molecule has 0 saturated carbocycles. The minimum absolute atomic E-state index is 0.0866. The molecule has 2 aliphatic heterocycles. The second-order valence-corrected chi connectivity index (χ2v) is 9.35. The average Bonchev–Trinajstić information content (AvgIpc) is 3.47. The van der Waals surface area contributed by atoms with E-state index in [1.54, 1.807) is 59.8 Å². The molecule has 2 heterocycles. The molecule has 1 fully saturated rings. The number of urea groups is 1. The Hall–Kier alpha value is -3.09. The highest BCUT2D eigenvalue weighted by molar-refractivity contribution is 5.99. The molecule has 11 nitrogen and oxygen atoms in total. The monoisotopic (exact) mass is 611 g/mol. The van der Waals surface area contributed by atoms with Gasteiger partial charge in [-0.25, -0.2) is 4.79 Å². The van der Waals surface area contributed by atoms with Gasteiger partial charge < -0.3 is 34.9 Å². The third-order valence-electron chi connectivity index (χ3n) is 5.19. The first-order valence-electron chi connectivity index (χ1n) is 14.3. The molecule has 0 aliphatic carbocycles. The van der Waals surface area contributed by atoms with Gasteiger partial charge >= 0.3 is 6.03 Å². The van der Waals surface area contributed by atoms with Crippen molar-refractivity contribution in [2.45, 2.75) is 78.6 Å². The summed E-state index contributed by atoms with van der Waals surface area (Å²) < 4.78 is 14.6. The van der Waals surface area contributed by atoms with Crippen LogP contribution in [0.15, 0.2) is 47.6 Å². The Morgan fingerprint density at radius 2 is 1.56 bits per heavy atom. The van der Waals surface area contributed by atoms with Gasteiger partial charge in [0, 0.05) is 52.9 Å². The van der Waals surface area contributed by atoms with Gasteiger partial charge in [-0.2, -0.15) is 4.48 Å². The highest BCUT2D eigenvalue weighted by atomic mass is 16.5. The normalized spacial score (nSPS) is 19.0. The summed E-state index contributed by atoms with van der Waals surface area (Å²) >= 11 is 0. The van der Waals surface area contributed by atoms with E-state index in [2.05, 4.69) is 26.7 Å². The molecular weight excluding hydrogens is 552 g/mol. The molecule has 0 spiro atoms. The number of aldehydes is 2. The number of amides is 2. The maximum atomic E-state index is 12.0. The summed E-state index contributed by atoms with van der Waals surface area (Å²) in [4.78, 5) is 44.5. The zero-order valence-electron chi connectivity index (χ0n) is 28.4. The van der Waals surface area contributed by atoms with Crippen molar-refractivity contribution in [3.05, 3.63) is 48.2 Å². The highest BCUT2D eigenvalue weighted by Gasteiger charge is 2.45. The number of ketones is 1. The molecular formula is C32H59N4O7+. The van der Waals surface area contributed by atoms with E-state index in [4.69, 9.17) is 15.3 Å². The zero-order valence-corrected chi connectivity index (χ0v) is 28.4. The van der Waals surface area contributed by atoms with Crippen LogP contribution in [-0.4, -0.2) is 96.6 Å². The number of amidine groups is 1. The SMILES string of the molecule is CC=O.CCC(C)=O.CCCCC1CCC([N+]2(C)C=CC(N)=NC2=O)O1.CNC.COC.COC.O=Cc1ccccc1. The van der Waals surface area contributed by atoms with Crippen LogP contribution in [0.4, 0.5) is 4.79 Å². The Bertz CT molecular complexity index is 875. The number of Topliss-reactive ketones (excluding diaryl/α,β-unsaturated/α-hetero) is 1. The van der Waals surface area contributed by atoms with E-state index in [9.17, 15) is 14.4 Å². The number of rotatable bonds is 6. The molecule has 2 amide bonds. The fraction of sp³-hybridized carbons (Fsp3) is 0.594. The topological polar surface area (TPSA) is 146 Å². The number of carbonyl (C=O) groups excluding carboxylic acids is 4. The molecule has 1 aromatic carbocycles. The van der Waals surface area contributed by atoms with Crippen molar-refractivity contribution < 1.29 is 37.9 Å². The molecule has 3 atom stereocenters. The lowest BCUT2D eigenvalue weighted by Gasteiger charge is -2.32. The van der Waals surface area contributed by atoms with E-state index in [1.807, 2.05) is 46.3 Å². The van der Waals surface area contributed by atoms with Crippen LogP contribution in [0.2, 0.25) is 0 Å². The van der Waals surface area contributed by atoms with Crippen LogP contribution in [0.1, 0.15) is 76.6 Å². The Morgan fingerprint density at radius 1 is 1.09 bits per heavy atom. The summed E-state index contributed by atoms with van der Waals surface area (Å²) in [6.45, 7) is 7.05. The molecule has 0 bridgehead atoms. The third kappa shape index (κ3) is 27.5. The highest BCUT2D eigenvalue weighted by Crippen LogP contribution is 2.31. The van der Waals surface area contributed by atoms with Crippen LogP contribution in [0.3, 0.4) is 0 Å². The number of carbonyl (C=O) groups is 4. The van der Waals surface area contributed by atoms with Crippen LogP contribution in [-0.2, 0) is 23.8 Å². The van der Waals surface area contributed by atoms with E-state index < -0.39 is 0 Å². The van der Waals surface area contributed by atoms with Crippen LogP contribution in [0.5, 0.6) is 0 Å². The molecule has 3 rings (SSSR count). The summed E-state index contributed by atoms with van der Waals surface area (Å²) in [5.74, 6) is 0.529. The summed E-state index contributed by atoms with van der Waals surface area (Å²) in [5, 5.41) is 2.75. The number of nitrogens with two attached hydrogens (primary N) is 1. The predicted octanol–water partition coefficient (Wildman–Crippen LogP) is 5.18. The number of methoxy groups -OCH3 is 2. The number of benzene rings is 1. The minimum atomic E-state index is -0.240. The first-order valence-corrected chi connectivity index (χ1v) is 14.3. The summed E-state index contributed by atoms with van der Waals surface area (Å²) in [5.41, 5.74) is 6.26. The van der Waals surface area contributed by atoms with Crippen molar-refractivity contribution in [2.75, 3.05) is 49.6 Å². The first kappa shape index (κ1) is 46.9. The van der Waals surface area contributed by atoms with Gasteiger partial charge in [-0.3, -0.25) is 4.79 Å². The quantitative estimate of drug-likeness (QED) is 0.328. The maximum absolute atomic E-state index is 12.0. The van der Waals surface area contributed by atoms with Crippen molar-refractivity contribution in [3.8, 4) is 0 Å². The molecule has 11 heteroatoms. The molecule has 0 radical (unpaired) electrons. The number of ether oxygens (including phenoxy) is 3. The smallest absolute Gasteiger partial charge is 0.388 e. The second-order valence-electron chi connectivity index (χ2n) is 9.35. The van der Waals surface area contributed by atoms with Gasteiger partial charge in [0.1, 0.15) is 30.4 Å². The van der Waals surface area contributed by atoms with Gasteiger partial charge in [0.15, 0.2) is 0 Å². The van der Waals surface area contributed by atoms with Crippen LogP contribution >= 0.6 is 0 Å². The summed E-state index contributed by atoms with van der Waals surface area (Å²) in [6.07, 6.45) is 11.3. The third-order valence-corrected chi connectivity index (χ3v) is 5.19. The number of hydrogen-bond acceptors (Lipinski definition) is 9. The molecule has 43 heavy (non-hydrogen) atoms. The molecule has 1 saturated heterocycles. The zero-order chi connectivity index (χ0) is 34.1. The van der Waals surface area contributed by atoms with E-state index in [0.717, 1.165) is 37.4 Å². The predicted molar refractivity (Wildman–Crippen MR) is 175 cm³/mol. The number of hydrogen-bond donors (Lipinski definition) is 2. The lowest BCUT2D eigenvalue weighted by Crippen LogP contribution is -2.53. The molecule has 0 aromatic heterocycles. The number of unbranched alkanes of at least 4 members (excludes halogenated alkanes) is 1. The van der Waals surface area contributed by atoms with Crippen LogP contribution in [0, 0.1) is 0 Å². The Labute approximate surface area is 260 Å². The maximum Gasteiger partial charge on any atom is 0.451 e. The molecule has 3 unspecified atom stereocenters. The van der Waals surface area contributed by atoms with Crippen molar-refractivity contribution in [3.63, 3.8) is 0 Å². The van der Waals surface area contributed by atoms with E-state index >= 15 is 0 Å². The van der Waals surface area contributed by atoms with Crippen molar-refractivity contribution in [2.24, 2.45) is 10.7 Å². The lowest BCUT2D eigenvalue weighted by atomic mass is 10.1. The van der Waals surface area contributed by atoms with Gasteiger partial charge in [-0.1, -0.05) is 57.0 Å². The van der Waals surface area contributed by atoms with Crippen LogP contribution in [0.25, 0.3) is 0 Å². The molecule has 248 valence electrons. The van der Waals surface area contributed by atoms with E-state index in [1.165, 1.54) is 19.8 Å². The van der Waals surface area contributed by atoms with Gasteiger partial charge in [0.25, 0.3) is 0 Å². The minimum Gasteiger partial charge on any atom is -0.388 e. The van der Waals surface area contributed by atoms with Crippen molar-refractivity contribution >= 4 is 30.2 Å². The summed E-state index contributed by atoms with van der Waals surface area (Å²) in [7, 11) is 12.1. The largest absolute Gasteiger partial charge is 0.451 e. The van der Waals surface area contributed by atoms with Crippen molar-refractivity contribution in [1.29, 1.82) is 0 Å². The van der Waals surface area contributed by atoms with E-state index in [-0.39, 0.29) is 34.5 Å². The number of quaternary nitrogens is 1. The molecule has 2 aliphatic rings. The average molecular weight is 612 g/mol. The number of nitrogens with zero attached hydrogens (tertiary/aromatic N) is 2. The second kappa shape index (κ2) is 33.4. The number of nitrogens with one attached hydrogen (secondary N) is 1. The van der Waals surface area contributed by atoms with Crippen LogP contribution < -0.4 is 11.1 Å². The standard InChI is InChI=1S/C13H21N3O2.C7H6O.C4H8O.C2H7N.2C2H6O.C2H4O/c1-3-4-5-10-6-7-12(18-10)16(2)9-8-11(14)15-13(16)17;8-6-7-4-2-1-3-5-7;1-3-4(2)5;3*1-3-2;1-2-3/h8-10,12H,3-7H2,1-2H3,(H-,14,15,17);1-6H;3H2,1-2H3;3H,1-2H3;2*1-2H3;2H,1H3/p+1.